The van der Waals surface area contributed by atoms with Crippen LogP contribution in [0.15, 0.2) is 76.8 Å². The number of carboxylic acid groups (broad SMARTS) is 1. The zero-order valence-corrected chi connectivity index (χ0v) is 19.4. The summed E-state index contributed by atoms with van der Waals surface area (Å²) in [5.41, 5.74) is 4.18. The van der Waals surface area contributed by atoms with Crippen molar-refractivity contribution in [2.75, 3.05) is 24.6 Å². The van der Waals surface area contributed by atoms with Gasteiger partial charge in [0.15, 0.2) is 0 Å². The third-order valence-electron chi connectivity index (χ3n) is 6.84. The Kier molecular flexibility index (Phi) is 5.92. The van der Waals surface area contributed by atoms with Crippen LogP contribution in [0.2, 0.25) is 0 Å². The van der Waals surface area contributed by atoms with E-state index < -0.39 is 51.3 Å². The van der Waals surface area contributed by atoms with Gasteiger partial charge in [0.05, 0.1) is 22.1 Å². The van der Waals surface area contributed by atoms with Crippen molar-refractivity contribution in [1.29, 1.82) is 0 Å². The molecular weight excluding hydrogens is 502 g/mol. The van der Waals surface area contributed by atoms with Gasteiger partial charge < -0.3 is 5.11 Å². The van der Waals surface area contributed by atoms with E-state index in [9.17, 15) is 35.9 Å². The maximum atomic E-state index is 13.4. The first kappa shape index (κ1) is 24.5. The topological polar surface area (TPSA) is 90.0 Å². The number of alkyl halides is 3. The van der Waals surface area contributed by atoms with Crippen molar-refractivity contribution in [3.05, 3.63) is 83.3 Å². The summed E-state index contributed by atoms with van der Waals surface area (Å²) in [7, 11) is -4.16. The lowest BCUT2D eigenvalue weighted by atomic mass is 9.71. The number of rotatable bonds is 4. The van der Waals surface area contributed by atoms with Crippen molar-refractivity contribution >= 4 is 21.7 Å². The molecule has 3 unspecified atom stereocenters. The molecule has 36 heavy (non-hydrogen) atoms. The van der Waals surface area contributed by atoms with E-state index in [0.717, 1.165) is 16.4 Å². The van der Waals surface area contributed by atoms with E-state index in [-0.39, 0.29) is 24.5 Å². The summed E-state index contributed by atoms with van der Waals surface area (Å²) in [6.45, 7) is 0.110. The Bertz CT molecular complexity index is 1360. The Labute approximate surface area is 204 Å². The van der Waals surface area contributed by atoms with E-state index in [1.165, 1.54) is 12.1 Å². The molecule has 190 valence electrons. The van der Waals surface area contributed by atoms with Gasteiger partial charge in [-0.3, -0.25) is 9.80 Å². The van der Waals surface area contributed by atoms with Crippen LogP contribution in [-0.2, 0) is 21.0 Å². The molecule has 2 heterocycles. The molecule has 0 bridgehead atoms. The molecule has 1 aliphatic carbocycles. The number of carboxylic acids is 1. The number of aliphatic carboxylic acids is 1. The molecule has 3 aliphatic rings. The van der Waals surface area contributed by atoms with Gasteiger partial charge >= 0.3 is 12.1 Å². The summed E-state index contributed by atoms with van der Waals surface area (Å²) in [6, 6.07) is 8.98. The first-order valence-corrected chi connectivity index (χ1v) is 12.5. The number of nitrogens with one attached hydrogen (secondary N) is 1. The number of hydrazine groups is 1. The fourth-order valence-corrected chi connectivity index (χ4v) is 6.47. The SMILES string of the molecule is O=C(O)C1C2CN(S(=O)(=O)c3ccc(C(F)(F)F)cc3)CC=C2C=C2C1CNN2c1ccc(F)cc1. The average molecular weight is 524 g/mol. The van der Waals surface area contributed by atoms with Crippen LogP contribution < -0.4 is 10.4 Å². The number of sulfonamides is 1. The van der Waals surface area contributed by atoms with Gasteiger partial charge in [-0.05, 0) is 60.2 Å². The fourth-order valence-electron chi connectivity index (χ4n) is 5.07. The second-order valence-electron chi connectivity index (χ2n) is 8.87. The molecule has 2 N–H and O–H groups in total. The molecule has 5 rings (SSSR count). The summed E-state index contributed by atoms with van der Waals surface area (Å²) < 4.78 is 79.5. The summed E-state index contributed by atoms with van der Waals surface area (Å²) in [4.78, 5) is 12.1. The number of hydrogen-bond donors (Lipinski definition) is 2. The zero-order valence-electron chi connectivity index (χ0n) is 18.6. The molecule has 0 radical (unpaired) electrons. The van der Waals surface area contributed by atoms with Crippen molar-refractivity contribution in [1.82, 2.24) is 9.73 Å². The van der Waals surface area contributed by atoms with E-state index >= 15 is 0 Å². The van der Waals surface area contributed by atoms with Gasteiger partial charge in [0, 0.05) is 37.2 Å². The highest BCUT2D eigenvalue weighted by Crippen LogP contribution is 2.45. The van der Waals surface area contributed by atoms with Crippen LogP contribution in [0.1, 0.15) is 5.56 Å². The summed E-state index contributed by atoms with van der Waals surface area (Å²) in [5, 5.41) is 11.8. The minimum absolute atomic E-state index is 0.0556. The van der Waals surface area contributed by atoms with E-state index in [4.69, 9.17) is 0 Å². The van der Waals surface area contributed by atoms with Crippen LogP contribution in [0.3, 0.4) is 0 Å². The molecule has 0 saturated carbocycles. The van der Waals surface area contributed by atoms with Crippen LogP contribution in [-0.4, -0.2) is 43.4 Å². The van der Waals surface area contributed by atoms with E-state index in [2.05, 4.69) is 5.43 Å². The van der Waals surface area contributed by atoms with Gasteiger partial charge in [0.1, 0.15) is 5.82 Å². The predicted octanol–water partition coefficient (Wildman–Crippen LogP) is 3.63. The molecule has 1 fully saturated rings. The van der Waals surface area contributed by atoms with Gasteiger partial charge in [0.25, 0.3) is 0 Å². The minimum atomic E-state index is -4.59. The van der Waals surface area contributed by atoms with Crippen molar-refractivity contribution in [3.63, 3.8) is 0 Å². The molecule has 2 aromatic rings. The molecule has 2 aliphatic heterocycles. The largest absolute Gasteiger partial charge is 0.481 e. The van der Waals surface area contributed by atoms with Crippen LogP contribution >= 0.6 is 0 Å². The highest BCUT2D eigenvalue weighted by molar-refractivity contribution is 7.89. The summed E-state index contributed by atoms with van der Waals surface area (Å²) in [6.07, 6.45) is -1.13. The normalized spacial score (nSPS) is 24.6. The third kappa shape index (κ3) is 4.18. The monoisotopic (exact) mass is 523 g/mol. The van der Waals surface area contributed by atoms with Crippen LogP contribution in [0.4, 0.5) is 23.2 Å². The first-order chi connectivity index (χ1) is 17.0. The molecule has 12 heteroatoms. The number of hydrogen-bond acceptors (Lipinski definition) is 5. The average Bonchev–Trinajstić information content (AvgIpc) is 3.25. The maximum Gasteiger partial charge on any atom is 0.416 e. The molecule has 0 spiro atoms. The van der Waals surface area contributed by atoms with Gasteiger partial charge in [-0.2, -0.15) is 17.5 Å². The van der Waals surface area contributed by atoms with E-state index in [1.807, 2.05) is 6.08 Å². The van der Waals surface area contributed by atoms with Crippen molar-refractivity contribution in [2.24, 2.45) is 17.8 Å². The van der Waals surface area contributed by atoms with Crippen molar-refractivity contribution in [2.45, 2.75) is 11.1 Å². The number of benzene rings is 2. The Hall–Kier alpha value is -3.22. The number of fused-ring (bicyclic) bond motifs is 2. The quantitative estimate of drug-likeness (QED) is 0.595. The number of halogens is 4. The fraction of sp³-hybridized carbons (Fsp3) is 0.292. The molecule has 7 nitrogen and oxygen atoms in total. The Morgan fingerprint density at radius 3 is 2.31 bits per heavy atom. The van der Waals surface area contributed by atoms with E-state index in [1.54, 1.807) is 23.2 Å². The molecule has 3 atom stereocenters. The van der Waals surface area contributed by atoms with Gasteiger partial charge in [-0.15, -0.1) is 0 Å². The van der Waals surface area contributed by atoms with Crippen molar-refractivity contribution in [3.8, 4) is 0 Å². The highest BCUT2D eigenvalue weighted by atomic mass is 32.2. The lowest BCUT2D eigenvalue weighted by molar-refractivity contribution is -0.145. The van der Waals surface area contributed by atoms with Gasteiger partial charge in [-0.1, -0.05) is 6.08 Å². The second kappa shape index (κ2) is 8.71. The molecular formula is C24H21F4N3O4S. The third-order valence-corrected chi connectivity index (χ3v) is 8.68. The highest BCUT2D eigenvalue weighted by Gasteiger charge is 2.49. The van der Waals surface area contributed by atoms with Gasteiger partial charge in [0.2, 0.25) is 10.0 Å². The van der Waals surface area contributed by atoms with Crippen LogP contribution in [0.25, 0.3) is 0 Å². The van der Waals surface area contributed by atoms with Crippen molar-refractivity contribution < 1.29 is 35.9 Å². The first-order valence-electron chi connectivity index (χ1n) is 11.1. The van der Waals surface area contributed by atoms with E-state index in [0.29, 0.717) is 29.1 Å². The summed E-state index contributed by atoms with van der Waals surface area (Å²) >= 11 is 0. The standard InChI is InChI=1S/C24H21F4N3O4S/c25-16-3-5-17(6-4-16)31-21-11-14-9-10-30(13-20(14)22(23(32)33)19(21)12-29-31)36(34,35)18-7-1-15(2-8-18)24(26,27)28/h1-9,11,19-20,22,29H,10,12-13H2,(H,32,33). The Morgan fingerprint density at radius 1 is 1.03 bits per heavy atom. The zero-order chi connectivity index (χ0) is 25.8. The summed E-state index contributed by atoms with van der Waals surface area (Å²) in [5.74, 6) is -3.55. The number of carbonyl (C=O) groups is 1. The maximum absolute atomic E-state index is 13.4. The van der Waals surface area contributed by atoms with Gasteiger partial charge in [-0.25, -0.2) is 18.2 Å². The predicted molar refractivity (Wildman–Crippen MR) is 121 cm³/mol. The molecule has 0 aromatic heterocycles. The minimum Gasteiger partial charge on any atom is -0.481 e. The lowest BCUT2D eigenvalue weighted by Crippen LogP contribution is -2.47. The molecule has 0 amide bonds. The Morgan fingerprint density at radius 2 is 1.69 bits per heavy atom. The number of nitrogens with zero attached hydrogens (tertiary/aromatic N) is 2. The Balaban J connectivity index is 1.46. The smallest absolute Gasteiger partial charge is 0.416 e. The van der Waals surface area contributed by atoms with Crippen LogP contribution in [0, 0.1) is 23.6 Å². The second-order valence-corrected chi connectivity index (χ2v) is 10.8. The number of anilines is 1. The molecule has 1 saturated heterocycles. The lowest BCUT2D eigenvalue weighted by Gasteiger charge is -2.40. The van der Waals surface area contributed by atoms with Crippen LogP contribution in [0.5, 0.6) is 0 Å². The number of allylic oxidation sites excluding steroid dienone is 1. The molecule has 2 aromatic carbocycles.